The van der Waals surface area contributed by atoms with Gasteiger partial charge in [-0.15, -0.1) is 22.7 Å². The molecule has 0 N–H and O–H groups in total. The van der Waals surface area contributed by atoms with Crippen LogP contribution in [0.1, 0.15) is 49.9 Å². The van der Waals surface area contributed by atoms with Gasteiger partial charge in [0.1, 0.15) is 11.6 Å². The van der Waals surface area contributed by atoms with Crippen molar-refractivity contribution in [3.8, 4) is 89.0 Å². The molecule has 0 aliphatic heterocycles. The fourth-order valence-corrected chi connectivity index (χ4v) is 26.5. The van der Waals surface area contributed by atoms with Crippen molar-refractivity contribution in [3.63, 3.8) is 0 Å². The van der Waals surface area contributed by atoms with Crippen molar-refractivity contribution in [2.75, 3.05) is 19.6 Å². The van der Waals surface area contributed by atoms with Gasteiger partial charge >= 0.3 is 0 Å². The maximum atomic E-state index is 17.5. The molecule has 8 heteroatoms. The number of para-hydroxylation sites is 4. The van der Waals surface area contributed by atoms with Gasteiger partial charge in [0.2, 0.25) is 0 Å². The molecule has 2 aliphatic rings. The number of thiophene rings is 2. The molecule has 0 saturated carbocycles. The molecule has 2 heterocycles. The van der Waals surface area contributed by atoms with Crippen LogP contribution in [0.2, 0.25) is 0 Å². The Morgan fingerprint density at radius 2 is 0.447 bits per heavy atom. The van der Waals surface area contributed by atoms with Gasteiger partial charge in [-0.3, -0.25) is 0 Å². The van der Waals surface area contributed by atoms with Gasteiger partial charge in [0.05, 0.1) is 22.7 Å². The van der Waals surface area contributed by atoms with Crippen molar-refractivity contribution in [3.05, 3.63) is 556 Å². The van der Waals surface area contributed by atoms with Crippen molar-refractivity contribution in [2.45, 2.75) is 38.5 Å². The van der Waals surface area contributed by atoms with E-state index in [4.69, 9.17) is 0 Å². The van der Waals surface area contributed by atoms with Gasteiger partial charge in [-0.2, -0.15) is 0 Å². The fourth-order valence-electron chi connectivity index (χ4n) is 23.9. The van der Waals surface area contributed by atoms with E-state index in [0.29, 0.717) is 11.4 Å². The minimum atomic E-state index is -0.322. The van der Waals surface area contributed by atoms with Crippen LogP contribution in [0.3, 0.4) is 0 Å². The lowest BCUT2D eigenvalue weighted by atomic mass is 9.82. The molecule has 2 aliphatic carbocycles. The number of hydrogen-bond donors (Lipinski definition) is 0. The molecule has 2 aromatic heterocycles. The molecular weight excluding hydrogens is 1860 g/mol. The van der Waals surface area contributed by atoms with E-state index in [1.807, 2.05) is 193 Å². The van der Waals surface area contributed by atoms with Crippen LogP contribution in [-0.2, 0) is 10.8 Å². The lowest BCUT2D eigenvalue weighted by molar-refractivity contribution is 0.629. The van der Waals surface area contributed by atoms with Crippen molar-refractivity contribution in [1.82, 2.24) is 0 Å². The lowest BCUT2D eigenvalue weighted by Crippen LogP contribution is -2.16. The van der Waals surface area contributed by atoms with Crippen molar-refractivity contribution >= 4 is 174 Å². The number of benzene rings is 24. The van der Waals surface area contributed by atoms with Crippen LogP contribution < -0.4 is 19.6 Å². The smallest absolute Gasteiger partial charge is 0.148 e. The summed E-state index contributed by atoms with van der Waals surface area (Å²) in [6.07, 6.45) is 0. The minimum Gasteiger partial charge on any atom is -0.310 e. The third-order valence-electron chi connectivity index (χ3n) is 30.9. The highest BCUT2D eigenvalue weighted by molar-refractivity contribution is 7.27. The first-order valence-corrected chi connectivity index (χ1v) is 53.0. The Labute approximate surface area is 879 Å². The summed E-state index contributed by atoms with van der Waals surface area (Å²) in [5.41, 5.74) is 33.3. The highest BCUT2D eigenvalue weighted by atomic mass is 32.1. The maximum Gasteiger partial charge on any atom is 0.148 e. The van der Waals surface area contributed by atoms with E-state index >= 15 is 8.78 Å². The first-order chi connectivity index (χ1) is 73.8. The zero-order valence-electron chi connectivity index (χ0n) is 83.0. The topological polar surface area (TPSA) is 13.0 Å². The summed E-state index contributed by atoms with van der Waals surface area (Å²) in [5, 5.41) is 14.3. The summed E-state index contributed by atoms with van der Waals surface area (Å²) in [6.45, 7) is 9.50. The van der Waals surface area contributed by atoms with E-state index in [1.54, 1.807) is 23.5 Å². The molecule has 28 rings (SSSR count). The molecule has 4 nitrogen and oxygen atoms in total. The second-order valence-electron chi connectivity index (χ2n) is 40.3. The standard InChI is InChI=1S/C74H54N2S.C68H44F2N2S/c1-73(2)64-31-17-13-28-56(64)58-39-35-50(44-66(58)73)75(68-33-19-15-25-53(68)47-21-7-5-8-22-47)49-37-41-61-63(43-49)55-27-11-12-30-60(55)71-62-42-38-52(46-70(62)77-72(61)71)76(69-34-20-16-26-54(69)48-23-9-6-10-24-48)51-36-40-59-57-29-14-18-32-65(57)74(3,4)67(59)45-51;69-62-41-49(45-21-7-1-8-22-45)39-59(47-25-11-3-12-26-47)66(62)71(51-29-15-5-16-30-51)53-35-37-57-61(43-53)55-33-19-20-34-56(55)65-58-38-36-54(44-64(58)73-68(57)65)72(52-31-17-6-18-32-52)67-60(48-27-13-4-14-28-48)40-50(42-63(67)70)46-23-9-2-10-24-46/h5-46H,1-4H3;1-44H. The van der Waals surface area contributed by atoms with Crippen LogP contribution in [0.25, 0.3) is 172 Å². The predicted octanol–water partition coefficient (Wildman–Crippen LogP) is 41.5. The van der Waals surface area contributed by atoms with E-state index < -0.39 is 0 Å². The number of anilines is 12. The predicted molar refractivity (Wildman–Crippen MR) is 635 cm³/mol. The fraction of sp³-hybridized carbons (Fsp3) is 0.0423. The third kappa shape index (κ3) is 15.4. The number of hydrogen-bond acceptors (Lipinski definition) is 6. The molecule has 712 valence electrons. The number of halogens is 2. The average molecular weight is 1960 g/mol. The van der Waals surface area contributed by atoms with Gasteiger partial charge in [-0.1, -0.05) is 416 Å². The van der Waals surface area contributed by atoms with Gasteiger partial charge in [0.15, 0.2) is 0 Å². The van der Waals surface area contributed by atoms with E-state index in [2.05, 4.69) is 375 Å². The Hall–Kier alpha value is -18.2. The molecule has 0 unspecified atom stereocenters. The third-order valence-corrected chi connectivity index (χ3v) is 33.3. The second kappa shape index (κ2) is 37.1. The van der Waals surface area contributed by atoms with Gasteiger partial charge in [0, 0.05) is 130 Å². The summed E-state index contributed by atoms with van der Waals surface area (Å²) < 4.78 is 39.6. The highest BCUT2D eigenvalue weighted by Gasteiger charge is 2.39. The number of rotatable bonds is 18. The molecule has 150 heavy (non-hydrogen) atoms. The normalized spacial score (nSPS) is 12.6. The Kier molecular flexibility index (Phi) is 22.4. The molecule has 0 saturated heterocycles. The van der Waals surface area contributed by atoms with Crippen LogP contribution in [0.4, 0.5) is 77.0 Å². The molecule has 0 amide bonds. The largest absolute Gasteiger partial charge is 0.310 e. The minimum absolute atomic E-state index is 0.142. The number of fused-ring (bicyclic) bond motifs is 22. The maximum absolute atomic E-state index is 17.5. The molecule has 0 spiro atoms. The average Bonchev–Trinajstić information content (AvgIpc) is 1.54. The highest BCUT2D eigenvalue weighted by Crippen LogP contribution is 2.59. The van der Waals surface area contributed by atoms with E-state index in [9.17, 15) is 0 Å². The van der Waals surface area contributed by atoms with Crippen molar-refractivity contribution < 1.29 is 8.78 Å². The van der Waals surface area contributed by atoms with Gasteiger partial charge in [-0.25, -0.2) is 8.78 Å². The van der Waals surface area contributed by atoms with Crippen LogP contribution in [-0.4, -0.2) is 0 Å². The summed E-state index contributed by atoms with van der Waals surface area (Å²) in [6, 6.07) is 185. The Morgan fingerprint density at radius 1 is 0.173 bits per heavy atom. The van der Waals surface area contributed by atoms with E-state index in [0.717, 1.165) is 138 Å². The van der Waals surface area contributed by atoms with Crippen molar-refractivity contribution in [2.24, 2.45) is 0 Å². The Morgan fingerprint density at radius 3 is 0.827 bits per heavy atom. The van der Waals surface area contributed by atoms with Gasteiger partial charge in [-0.05, 0) is 255 Å². The summed E-state index contributed by atoms with van der Waals surface area (Å²) in [7, 11) is 0. The first kappa shape index (κ1) is 90.6. The Bertz CT molecular complexity index is 9800. The molecule has 24 aromatic carbocycles. The van der Waals surface area contributed by atoms with Crippen LogP contribution in [0, 0.1) is 11.6 Å². The molecule has 26 aromatic rings. The molecule has 0 bridgehead atoms. The second-order valence-corrected chi connectivity index (χ2v) is 42.4. The zero-order chi connectivity index (χ0) is 100. The quantitative estimate of drug-likeness (QED) is 0.0794. The van der Waals surface area contributed by atoms with Crippen LogP contribution in [0.5, 0.6) is 0 Å². The van der Waals surface area contributed by atoms with Crippen molar-refractivity contribution in [1.29, 1.82) is 0 Å². The lowest BCUT2D eigenvalue weighted by Gasteiger charge is -2.30. The monoisotopic (exact) mass is 1960 g/mol. The summed E-state index contributed by atoms with van der Waals surface area (Å²) in [5.74, 6) is -0.641. The van der Waals surface area contributed by atoms with Gasteiger partial charge in [0.25, 0.3) is 0 Å². The first-order valence-electron chi connectivity index (χ1n) is 51.4. The van der Waals surface area contributed by atoms with Crippen LogP contribution in [0.15, 0.2) is 522 Å². The Balaban J connectivity index is 0.000000148. The molecule has 0 atom stereocenters. The summed E-state index contributed by atoms with van der Waals surface area (Å²) in [4.78, 5) is 9.12. The van der Waals surface area contributed by atoms with Crippen LogP contribution >= 0.6 is 22.7 Å². The molecule has 0 radical (unpaired) electrons. The van der Waals surface area contributed by atoms with E-state index in [1.165, 1.54) is 114 Å². The van der Waals surface area contributed by atoms with E-state index in [-0.39, 0.29) is 22.5 Å². The molecule has 0 fully saturated rings. The van der Waals surface area contributed by atoms with Gasteiger partial charge < -0.3 is 19.6 Å². The number of nitrogens with zero attached hydrogens (tertiary/aromatic N) is 4. The molecular formula is C142H98F2N4S2. The zero-order valence-corrected chi connectivity index (χ0v) is 84.6. The summed E-state index contributed by atoms with van der Waals surface area (Å²) >= 11 is 3.66. The SMILES string of the molecule is CC1(C)c2ccccc2-c2ccc(N(c3ccc4c(c3)sc3c5ccc(N(c6ccc7c(c6)C(C)(C)c6ccccc6-7)c6ccccc6-c6ccccc6)cc5c5ccccc5c43)c3ccccc3-c3ccccc3)cc21.Fc1cc(-c2ccccc2)cc(-c2ccccc2)c1N(c1ccccc1)c1ccc2c(c1)sc1c3ccc(N(c4ccccc4)c4c(F)cc(-c5ccccc5)cc4-c4ccccc4)cc3c3ccccc3c21.